The van der Waals surface area contributed by atoms with Crippen LogP contribution in [0.2, 0.25) is 0 Å². The van der Waals surface area contributed by atoms with Crippen LogP contribution in [0.3, 0.4) is 0 Å². The van der Waals surface area contributed by atoms with Crippen molar-refractivity contribution in [3.8, 4) is 0 Å². The van der Waals surface area contributed by atoms with E-state index in [0.29, 0.717) is 18.2 Å². The van der Waals surface area contributed by atoms with Gasteiger partial charge in [-0.3, -0.25) is 9.89 Å². The van der Waals surface area contributed by atoms with Gasteiger partial charge in [0.25, 0.3) is 5.91 Å². The molecule has 1 aromatic rings. The van der Waals surface area contributed by atoms with E-state index in [1.807, 2.05) is 6.92 Å². The maximum Gasteiger partial charge on any atom is 0.273 e. The zero-order chi connectivity index (χ0) is 12.4. The zero-order valence-electron chi connectivity index (χ0n) is 9.86. The van der Waals surface area contributed by atoms with Crippen LogP contribution in [0.15, 0.2) is 0 Å². The van der Waals surface area contributed by atoms with Crippen LogP contribution in [0.5, 0.6) is 0 Å². The highest BCUT2D eigenvalue weighted by molar-refractivity contribution is 5.97. The first-order valence-electron chi connectivity index (χ1n) is 5.86. The summed E-state index contributed by atoms with van der Waals surface area (Å²) < 4.78 is 0. The number of carbonyl (C=O) groups is 1. The van der Waals surface area contributed by atoms with Crippen molar-refractivity contribution in [1.82, 2.24) is 15.5 Å². The zero-order valence-corrected chi connectivity index (χ0v) is 9.86. The van der Waals surface area contributed by atoms with Gasteiger partial charge in [-0.25, -0.2) is 0 Å². The Balaban J connectivity index is 1.99. The second kappa shape index (κ2) is 4.75. The average molecular weight is 238 g/mol. The van der Waals surface area contributed by atoms with E-state index in [4.69, 9.17) is 10.8 Å². The van der Waals surface area contributed by atoms with Crippen LogP contribution in [0.1, 0.15) is 41.9 Å². The summed E-state index contributed by atoms with van der Waals surface area (Å²) in [6.07, 6.45) is 2.21. The molecular formula is C11H18N4O2. The summed E-state index contributed by atoms with van der Waals surface area (Å²) in [5.41, 5.74) is 7.48. The van der Waals surface area contributed by atoms with Crippen LogP contribution < -0.4 is 11.1 Å². The fraction of sp³-hybridized carbons (Fsp3) is 0.636. The van der Waals surface area contributed by atoms with Gasteiger partial charge >= 0.3 is 0 Å². The van der Waals surface area contributed by atoms with Gasteiger partial charge in [0.05, 0.1) is 11.4 Å². The maximum absolute atomic E-state index is 11.8. The molecule has 2 rings (SSSR count). The van der Waals surface area contributed by atoms with E-state index in [1.165, 1.54) is 0 Å². The molecule has 0 aromatic carbocycles. The number of carbonyl (C=O) groups excluding carboxylic acids is 1. The second-order valence-corrected chi connectivity index (χ2v) is 4.67. The van der Waals surface area contributed by atoms with E-state index in [9.17, 15) is 4.79 Å². The average Bonchev–Trinajstić information content (AvgIpc) is 3.09. The van der Waals surface area contributed by atoms with Crippen molar-refractivity contribution in [2.24, 2.45) is 5.92 Å². The number of H-pyrrole nitrogens is 1. The van der Waals surface area contributed by atoms with Crippen LogP contribution in [0.4, 0.5) is 5.69 Å². The lowest BCUT2D eigenvalue weighted by atomic mass is 10.2. The molecule has 0 saturated heterocycles. The highest BCUT2D eigenvalue weighted by atomic mass is 16.3. The van der Waals surface area contributed by atoms with E-state index in [-0.39, 0.29) is 24.1 Å². The number of nitrogens with two attached hydrogens (primary N) is 1. The highest BCUT2D eigenvalue weighted by Gasteiger charge is 2.30. The molecule has 1 fully saturated rings. The molecule has 1 amide bonds. The monoisotopic (exact) mass is 238 g/mol. The number of aliphatic hydroxyl groups is 1. The van der Waals surface area contributed by atoms with Gasteiger partial charge in [0, 0.05) is 19.1 Å². The molecule has 6 heteroatoms. The first-order valence-corrected chi connectivity index (χ1v) is 5.86. The molecule has 94 valence electrons. The van der Waals surface area contributed by atoms with Crippen LogP contribution in [0.25, 0.3) is 0 Å². The molecule has 0 aliphatic heterocycles. The first-order chi connectivity index (χ1) is 8.13. The highest BCUT2D eigenvalue weighted by Crippen LogP contribution is 2.42. The van der Waals surface area contributed by atoms with E-state index in [2.05, 4.69) is 15.5 Å². The molecule has 6 nitrogen and oxygen atoms in total. The lowest BCUT2D eigenvalue weighted by molar-refractivity contribution is 0.0938. The third kappa shape index (κ3) is 2.58. The predicted molar refractivity (Wildman–Crippen MR) is 63.6 cm³/mol. The minimum atomic E-state index is -0.286. The molecule has 1 atom stereocenters. The number of aromatic nitrogens is 2. The number of amides is 1. The molecule has 1 saturated carbocycles. The molecule has 1 aromatic heterocycles. The van der Waals surface area contributed by atoms with Crippen molar-refractivity contribution in [1.29, 1.82) is 0 Å². The smallest absolute Gasteiger partial charge is 0.273 e. The van der Waals surface area contributed by atoms with E-state index in [1.54, 1.807) is 0 Å². The number of aliphatic hydroxyl groups excluding tert-OH is 1. The van der Waals surface area contributed by atoms with E-state index >= 15 is 0 Å². The van der Waals surface area contributed by atoms with Crippen molar-refractivity contribution < 1.29 is 9.90 Å². The van der Waals surface area contributed by atoms with Crippen LogP contribution >= 0.6 is 0 Å². The maximum atomic E-state index is 11.8. The summed E-state index contributed by atoms with van der Waals surface area (Å²) in [5.74, 6) is 0.188. The Kier molecular flexibility index (Phi) is 3.33. The number of anilines is 1. The van der Waals surface area contributed by atoms with E-state index < -0.39 is 0 Å². The van der Waals surface area contributed by atoms with Gasteiger partial charge in [-0.1, -0.05) is 6.92 Å². The summed E-state index contributed by atoms with van der Waals surface area (Å²) in [6.45, 7) is 2.31. The molecule has 17 heavy (non-hydrogen) atoms. The minimum Gasteiger partial charge on any atom is -0.396 e. The van der Waals surface area contributed by atoms with Gasteiger partial charge in [0.2, 0.25) is 0 Å². The van der Waals surface area contributed by atoms with Crippen LogP contribution in [-0.4, -0.2) is 34.4 Å². The van der Waals surface area contributed by atoms with Crippen molar-refractivity contribution in [3.63, 3.8) is 0 Å². The molecule has 5 N–H and O–H groups in total. The predicted octanol–water partition coefficient (Wildman–Crippen LogP) is 0.227. The largest absolute Gasteiger partial charge is 0.396 e. The van der Waals surface area contributed by atoms with Gasteiger partial charge in [-0.05, 0) is 18.8 Å². The van der Waals surface area contributed by atoms with Gasteiger partial charge < -0.3 is 16.2 Å². The Morgan fingerprint density at radius 3 is 3.00 bits per heavy atom. The number of nitrogens with zero attached hydrogens (tertiary/aromatic N) is 1. The third-order valence-corrected chi connectivity index (χ3v) is 2.96. The van der Waals surface area contributed by atoms with Crippen molar-refractivity contribution in [2.45, 2.75) is 25.7 Å². The molecule has 0 radical (unpaired) electrons. The normalized spacial score (nSPS) is 16.8. The van der Waals surface area contributed by atoms with Crippen molar-refractivity contribution in [2.75, 3.05) is 18.9 Å². The topological polar surface area (TPSA) is 104 Å². The quantitative estimate of drug-likeness (QED) is 0.589. The Bertz CT molecular complexity index is 412. The van der Waals surface area contributed by atoms with Gasteiger partial charge in [0.1, 0.15) is 0 Å². The summed E-state index contributed by atoms with van der Waals surface area (Å²) in [4.78, 5) is 11.8. The Labute approximate surface area is 99.6 Å². The standard InChI is InChI=1S/C11H18N4O2/c1-6(5-16)4-13-11(17)10-8(12)9(14-15-10)7-2-3-7/h6-7,16H,2-5,12H2,1H3,(H,13,17)(H,14,15). The summed E-state index contributed by atoms with van der Waals surface area (Å²) in [7, 11) is 0. The van der Waals surface area contributed by atoms with Crippen molar-refractivity contribution in [3.05, 3.63) is 11.4 Å². The number of hydrogen-bond donors (Lipinski definition) is 4. The number of nitrogens with one attached hydrogen (secondary N) is 2. The summed E-state index contributed by atoms with van der Waals surface area (Å²) in [6, 6.07) is 0. The van der Waals surface area contributed by atoms with Gasteiger partial charge in [-0.2, -0.15) is 5.10 Å². The fourth-order valence-corrected chi connectivity index (χ4v) is 1.64. The molecule has 0 spiro atoms. The van der Waals surface area contributed by atoms with Gasteiger partial charge in [-0.15, -0.1) is 0 Å². The Morgan fingerprint density at radius 2 is 2.41 bits per heavy atom. The third-order valence-electron chi connectivity index (χ3n) is 2.96. The number of hydrogen-bond acceptors (Lipinski definition) is 4. The van der Waals surface area contributed by atoms with E-state index in [0.717, 1.165) is 18.5 Å². The minimum absolute atomic E-state index is 0.0296. The molecule has 1 aliphatic carbocycles. The molecular weight excluding hydrogens is 220 g/mol. The van der Waals surface area contributed by atoms with Crippen LogP contribution in [-0.2, 0) is 0 Å². The molecule has 1 heterocycles. The lowest BCUT2D eigenvalue weighted by Crippen LogP contribution is -2.30. The Morgan fingerprint density at radius 1 is 1.71 bits per heavy atom. The molecule has 1 aliphatic rings. The van der Waals surface area contributed by atoms with Gasteiger partial charge in [0.15, 0.2) is 5.69 Å². The summed E-state index contributed by atoms with van der Waals surface area (Å²) >= 11 is 0. The van der Waals surface area contributed by atoms with Crippen LogP contribution in [0, 0.1) is 5.92 Å². The number of aromatic amines is 1. The molecule has 1 unspecified atom stereocenters. The van der Waals surface area contributed by atoms with Crippen molar-refractivity contribution >= 4 is 11.6 Å². The molecule has 0 bridgehead atoms. The first kappa shape index (κ1) is 11.9. The Hall–Kier alpha value is -1.56. The number of rotatable bonds is 5. The lowest BCUT2D eigenvalue weighted by Gasteiger charge is -2.08. The number of nitrogen functional groups attached to an aromatic ring is 1. The fourth-order valence-electron chi connectivity index (χ4n) is 1.64. The summed E-state index contributed by atoms with van der Waals surface area (Å²) in [5, 5.41) is 18.4. The second-order valence-electron chi connectivity index (χ2n) is 4.67. The SMILES string of the molecule is CC(CO)CNC(=O)c1n[nH]c(C2CC2)c1N.